The molecule has 2 aromatic rings. The van der Waals surface area contributed by atoms with Crippen LogP contribution >= 0.6 is 0 Å². The van der Waals surface area contributed by atoms with Crippen LogP contribution in [0.3, 0.4) is 0 Å². The topological polar surface area (TPSA) is 62.8 Å². The van der Waals surface area contributed by atoms with Crippen LogP contribution in [0.5, 0.6) is 0 Å². The fourth-order valence-electron chi connectivity index (χ4n) is 3.17. The van der Waals surface area contributed by atoms with Gasteiger partial charge in [0.1, 0.15) is 10.7 Å². The van der Waals surface area contributed by atoms with Crippen LogP contribution in [-0.4, -0.2) is 35.5 Å². The van der Waals surface area contributed by atoms with Gasteiger partial charge in [-0.1, -0.05) is 0 Å². The third-order valence-corrected chi connectivity index (χ3v) is 4.44. The summed E-state index contributed by atoms with van der Waals surface area (Å²) >= 11 is 0. The maximum atomic E-state index is 12.7. The van der Waals surface area contributed by atoms with E-state index in [1.54, 1.807) is 6.07 Å². The number of benzene rings is 1. The van der Waals surface area contributed by atoms with Crippen molar-refractivity contribution in [3.05, 3.63) is 57.8 Å². The predicted octanol–water partition coefficient (Wildman–Crippen LogP) is 3.92. The molecule has 0 N–H and O–H groups in total. The van der Waals surface area contributed by atoms with Gasteiger partial charge in [-0.05, 0) is 37.3 Å². The molecule has 1 fully saturated rings. The molecule has 1 aliphatic heterocycles. The van der Waals surface area contributed by atoms with E-state index in [4.69, 9.17) is 4.42 Å². The highest BCUT2D eigenvalue weighted by Crippen LogP contribution is 2.31. The first kappa shape index (κ1) is 18.2. The number of nitro groups is 1. The summed E-state index contributed by atoms with van der Waals surface area (Å²) in [5, 5.41) is 10.7. The van der Waals surface area contributed by atoms with E-state index in [-0.39, 0.29) is 11.9 Å². The lowest BCUT2D eigenvalue weighted by Crippen LogP contribution is -2.51. The highest BCUT2D eigenvalue weighted by atomic mass is 19.4. The molecular formula is C17H18F3N3O3. The normalized spacial score (nSPS) is 18.9. The van der Waals surface area contributed by atoms with Gasteiger partial charge in [0.25, 0.3) is 0 Å². The molecule has 0 bridgehead atoms. The zero-order valence-corrected chi connectivity index (χ0v) is 14.1. The summed E-state index contributed by atoms with van der Waals surface area (Å²) in [5.41, 5.74) is 0.0886. The molecule has 1 saturated heterocycles. The van der Waals surface area contributed by atoms with Gasteiger partial charge in [-0.3, -0.25) is 15.0 Å². The van der Waals surface area contributed by atoms with Crippen LogP contribution in [0.15, 0.2) is 40.8 Å². The third kappa shape index (κ3) is 3.98. The summed E-state index contributed by atoms with van der Waals surface area (Å²) < 4.78 is 43.2. The lowest BCUT2D eigenvalue weighted by Gasteiger charge is -2.41. The van der Waals surface area contributed by atoms with Gasteiger partial charge in [-0.25, -0.2) is 0 Å². The molecule has 26 heavy (non-hydrogen) atoms. The molecule has 0 radical (unpaired) electrons. The molecule has 0 saturated carbocycles. The molecule has 0 spiro atoms. The maximum absolute atomic E-state index is 12.7. The molecule has 140 valence electrons. The van der Waals surface area contributed by atoms with Gasteiger partial charge in [0.05, 0.1) is 18.2 Å². The summed E-state index contributed by atoms with van der Waals surface area (Å²) in [5.74, 6) is 0.239. The third-order valence-electron chi connectivity index (χ3n) is 4.44. The number of anilines is 1. The number of hydrogen-bond donors (Lipinski definition) is 0. The van der Waals surface area contributed by atoms with Crippen molar-refractivity contribution in [2.45, 2.75) is 25.7 Å². The molecule has 6 nitrogen and oxygen atoms in total. The maximum Gasteiger partial charge on any atom is 0.433 e. The van der Waals surface area contributed by atoms with Crippen molar-refractivity contribution < 1.29 is 22.5 Å². The zero-order chi connectivity index (χ0) is 18.9. The molecule has 1 atom stereocenters. The van der Waals surface area contributed by atoms with Gasteiger partial charge in [0.2, 0.25) is 0 Å². The fourth-order valence-corrected chi connectivity index (χ4v) is 3.17. The van der Waals surface area contributed by atoms with Crippen molar-refractivity contribution in [2.75, 3.05) is 24.5 Å². The standard InChI is InChI=1S/C17H18F3N3O3/c1-12-10-21(11-15-6-7-16(26-15)23(24)25)8-9-22(12)14-4-2-13(3-5-14)17(18,19)20/h2-7,12H,8-11H2,1H3. The molecule has 1 aromatic heterocycles. The summed E-state index contributed by atoms with van der Waals surface area (Å²) in [4.78, 5) is 14.3. The summed E-state index contributed by atoms with van der Waals surface area (Å²) in [6, 6.07) is 8.18. The van der Waals surface area contributed by atoms with E-state index in [9.17, 15) is 23.3 Å². The Balaban J connectivity index is 1.62. The van der Waals surface area contributed by atoms with Crippen molar-refractivity contribution in [1.82, 2.24) is 4.90 Å². The van der Waals surface area contributed by atoms with Gasteiger partial charge in [-0.15, -0.1) is 0 Å². The van der Waals surface area contributed by atoms with Crippen molar-refractivity contribution in [1.29, 1.82) is 0 Å². The van der Waals surface area contributed by atoms with Crippen molar-refractivity contribution in [2.24, 2.45) is 0 Å². The number of hydrogen-bond acceptors (Lipinski definition) is 5. The predicted molar refractivity (Wildman–Crippen MR) is 88.9 cm³/mol. The van der Waals surface area contributed by atoms with E-state index in [1.165, 1.54) is 18.2 Å². The average molecular weight is 369 g/mol. The zero-order valence-electron chi connectivity index (χ0n) is 14.1. The Hall–Kier alpha value is -2.55. The van der Waals surface area contributed by atoms with E-state index in [0.29, 0.717) is 31.9 Å². The quantitative estimate of drug-likeness (QED) is 0.604. The second-order valence-corrected chi connectivity index (χ2v) is 6.32. The average Bonchev–Trinajstić information content (AvgIpc) is 3.03. The second-order valence-electron chi connectivity index (χ2n) is 6.32. The minimum atomic E-state index is -4.34. The van der Waals surface area contributed by atoms with E-state index in [0.717, 1.165) is 17.8 Å². The van der Waals surface area contributed by atoms with E-state index in [1.807, 2.05) is 6.92 Å². The van der Waals surface area contributed by atoms with Gasteiger partial charge in [0, 0.05) is 31.4 Å². The van der Waals surface area contributed by atoms with Crippen molar-refractivity contribution in [3.63, 3.8) is 0 Å². The van der Waals surface area contributed by atoms with E-state index < -0.39 is 16.7 Å². The Morgan fingerprint density at radius 3 is 2.42 bits per heavy atom. The van der Waals surface area contributed by atoms with Crippen LogP contribution in [0.4, 0.5) is 24.7 Å². The van der Waals surface area contributed by atoms with Crippen molar-refractivity contribution in [3.8, 4) is 0 Å². The van der Waals surface area contributed by atoms with Crippen LogP contribution in [0.25, 0.3) is 0 Å². The first-order valence-corrected chi connectivity index (χ1v) is 8.13. The Bertz CT molecular complexity index is 774. The Labute approximate surface area is 148 Å². The highest BCUT2D eigenvalue weighted by Gasteiger charge is 2.31. The van der Waals surface area contributed by atoms with Crippen LogP contribution in [-0.2, 0) is 12.7 Å². The number of halogens is 3. The van der Waals surface area contributed by atoms with Crippen LogP contribution in [0.2, 0.25) is 0 Å². The highest BCUT2D eigenvalue weighted by molar-refractivity contribution is 5.49. The van der Waals surface area contributed by atoms with Gasteiger partial charge < -0.3 is 9.32 Å². The van der Waals surface area contributed by atoms with Crippen molar-refractivity contribution >= 4 is 11.6 Å². The van der Waals surface area contributed by atoms with Crippen LogP contribution < -0.4 is 4.90 Å². The lowest BCUT2D eigenvalue weighted by atomic mass is 10.1. The largest absolute Gasteiger partial charge is 0.433 e. The molecule has 3 rings (SSSR count). The first-order chi connectivity index (χ1) is 12.2. The summed E-state index contributed by atoms with van der Waals surface area (Å²) in [7, 11) is 0. The van der Waals surface area contributed by atoms with Crippen LogP contribution in [0.1, 0.15) is 18.2 Å². The molecule has 1 aliphatic rings. The molecule has 0 aliphatic carbocycles. The monoisotopic (exact) mass is 369 g/mol. The molecular weight excluding hydrogens is 351 g/mol. The number of alkyl halides is 3. The fraction of sp³-hybridized carbons (Fsp3) is 0.412. The Morgan fingerprint density at radius 1 is 1.19 bits per heavy atom. The van der Waals surface area contributed by atoms with Gasteiger partial charge >= 0.3 is 12.1 Å². The smallest absolute Gasteiger partial charge is 0.404 e. The van der Waals surface area contributed by atoms with Crippen LogP contribution in [0, 0.1) is 10.1 Å². The Morgan fingerprint density at radius 2 is 1.88 bits per heavy atom. The number of piperazine rings is 1. The second kappa shape index (κ2) is 6.99. The molecule has 1 aromatic carbocycles. The SMILES string of the molecule is CC1CN(Cc2ccc([N+](=O)[O-])o2)CCN1c1ccc(C(F)(F)F)cc1. The molecule has 1 unspecified atom stereocenters. The van der Waals surface area contributed by atoms with E-state index >= 15 is 0 Å². The van der Waals surface area contributed by atoms with Gasteiger partial charge in [-0.2, -0.15) is 13.2 Å². The van der Waals surface area contributed by atoms with E-state index in [2.05, 4.69) is 9.80 Å². The van der Waals surface area contributed by atoms with Gasteiger partial charge in [0.15, 0.2) is 0 Å². The summed E-state index contributed by atoms with van der Waals surface area (Å²) in [6.07, 6.45) is -4.34. The minimum Gasteiger partial charge on any atom is -0.404 e. The number of furan rings is 1. The molecule has 9 heteroatoms. The summed E-state index contributed by atoms with van der Waals surface area (Å²) in [6.45, 7) is 4.46. The number of nitrogens with zero attached hydrogens (tertiary/aromatic N) is 3. The molecule has 2 heterocycles. The lowest BCUT2D eigenvalue weighted by molar-refractivity contribution is -0.402. The Kier molecular flexibility index (Phi) is 4.90. The minimum absolute atomic E-state index is 0.0884. The first-order valence-electron chi connectivity index (χ1n) is 8.13. The number of rotatable bonds is 4. The molecule has 0 amide bonds.